The van der Waals surface area contributed by atoms with Crippen LogP contribution in [0.3, 0.4) is 0 Å². The third kappa shape index (κ3) is 14.4. The molecule has 1 rings (SSSR count). The standard InChI is InChI=1S/C11H14O.C8H14O.C4H10/c1-4-10-7-8(2)5-6-11(10)9(3)12;1-7(2)4-5-8(3)6-9;1-3-4-2/h5-7H,4H2,1-3H3;6,8H,1,4-5H2,2-3H3;3-4H2,1-2H3. The minimum atomic E-state index is 0.159. The Morgan fingerprint density at radius 3 is 2.08 bits per heavy atom. The summed E-state index contributed by atoms with van der Waals surface area (Å²) in [7, 11) is 0. The van der Waals surface area contributed by atoms with Crippen LogP contribution in [-0.2, 0) is 11.2 Å². The van der Waals surface area contributed by atoms with Crippen molar-refractivity contribution in [3.8, 4) is 0 Å². The van der Waals surface area contributed by atoms with E-state index in [2.05, 4.69) is 33.4 Å². The van der Waals surface area contributed by atoms with Gasteiger partial charge in [0.25, 0.3) is 0 Å². The number of hydrogen-bond acceptors (Lipinski definition) is 2. The van der Waals surface area contributed by atoms with Crippen LogP contribution in [0.2, 0.25) is 0 Å². The summed E-state index contributed by atoms with van der Waals surface area (Å²) in [6.07, 6.45) is 6.47. The number of Topliss-reactive ketones (excluding diaryl/α,β-unsaturated/α-hetero) is 1. The lowest BCUT2D eigenvalue weighted by molar-refractivity contribution is -0.110. The van der Waals surface area contributed by atoms with Gasteiger partial charge in [-0.3, -0.25) is 4.79 Å². The van der Waals surface area contributed by atoms with Crippen LogP contribution in [0.4, 0.5) is 0 Å². The molecule has 0 radical (unpaired) electrons. The maximum Gasteiger partial charge on any atom is 0.160 e. The number of unbranched alkanes of at least 4 members (excludes halogenated alkanes) is 1. The maximum atomic E-state index is 11.1. The van der Waals surface area contributed by atoms with Crippen LogP contribution in [0.15, 0.2) is 30.4 Å². The van der Waals surface area contributed by atoms with E-state index in [9.17, 15) is 9.59 Å². The highest BCUT2D eigenvalue weighted by molar-refractivity contribution is 5.95. The highest BCUT2D eigenvalue weighted by Crippen LogP contribution is 2.12. The van der Waals surface area contributed by atoms with Gasteiger partial charge in [0.15, 0.2) is 5.78 Å². The molecule has 0 aliphatic rings. The summed E-state index contributed by atoms with van der Waals surface area (Å²) in [5, 5.41) is 0. The minimum Gasteiger partial charge on any atom is -0.303 e. The fourth-order valence-electron chi connectivity index (χ4n) is 1.90. The summed E-state index contributed by atoms with van der Waals surface area (Å²) in [6, 6.07) is 5.98. The zero-order valence-corrected chi connectivity index (χ0v) is 17.4. The fraction of sp³-hybridized carbons (Fsp3) is 0.565. The SMILES string of the molecule is C=C(C)CCC(C)C=O.CCCC.CCc1cc(C)ccc1C(C)=O. The molecule has 0 saturated carbocycles. The average Bonchev–Trinajstić information content (AvgIpc) is 2.59. The number of hydrogen-bond donors (Lipinski definition) is 0. The van der Waals surface area contributed by atoms with Gasteiger partial charge in [0.05, 0.1) is 0 Å². The summed E-state index contributed by atoms with van der Waals surface area (Å²) >= 11 is 0. The Morgan fingerprint density at radius 1 is 1.16 bits per heavy atom. The third-order valence-electron chi connectivity index (χ3n) is 3.78. The first kappa shape index (κ1) is 25.5. The van der Waals surface area contributed by atoms with Crippen molar-refractivity contribution in [1.82, 2.24) is 0 Å². The maximum absolute atomic E-state index is 11.1. The van der Waals surface area contributed by atoms with Gasteiger partial charge in [0.1, 0.15) is 6.29 Å². The molecule has 0 aromatic heterocycles. The van der Waals surface area contributed by atoms with Gasteiger partial charge in [-0.05, 0) is 45.6 Å². The van der Waals surface area contributed by atoms with Gasteiger partial charge in [0.2, 0.25) is 0 Å². The molecule has 1 unspecified atom stereocenters. The second-order valence-electron chi connectivity index (χ2n) is 6.68. The monoisotopic (exact) mass is 346 g/mol. The topological polar surface area (TPSA) is 34.1 Å². The predicted molar refractivity (Wildman–Crippen MR) is 110 cm³/mol. The molecule has 25 heavy (non-hydrogen) atoms. The Bertz CT molecular complexity index is 513. The van der Waals surface area contributed by atoms with Crippen molar-refractivity contribution < 1.29 is 9.59 Å². The molecule has 0 aliphatic carbocycles. The van der Waals surface area contributed by atoms with Gasteiger partial charge in [-0.15, -0.1) is 6.58 Å². The Balaban J connectivity index is 0. The molecule has 0 heterocycles. The molecule has 2 heteroatoms. The first-order valence-corrected chi connectivity index (χ1v) is 9.43. The van der Waals surface area contributed by atoms with Crippen molar-refractivity contribution in [2.24, 2.45) is 5.92 Å². The van der Waals surface area contributed by atoms with Crippen LogP contribution in [-0.4, -0.2) is 12.1 Å². The lowest BCUT2D eigenvalue weighted by Gasteiger charge is -2.04. The van der Waals surface area contributed by atoms with Crippen molar-refractivity contribution in [3.05, 3.63) is 47.0 Å². The molecular weight excluding hydrogens is 308 g/mol. The number of aldehydes is 1. The summed E-state index contributed by atoms with van der Waals surface area (Å²) in [6.45, 7) is 17.7. The van der Waals surface area contributed by atoms with Gasteiger partial charge in [-0.2, -0.15) is 0 Å². The van der Waals surface area contributed by atoms with Crippen LogP contribution in [0.1, 0.15) is 88.7 Å². The van der Waals surface area contributed by atoms with E-state index in [1.165, 1.54) is 18.4 Å². The van der Waals surface area contributed by atoms with Crippen molar-refractivity contribution in [2.45, 2.75) is 80.6 Å². The molecule has 2 nitrogen and oxygen atoms in total. The summed E-state index contributed by atoms with van der Waals surface area (Å²) < 4.78 is 0. The Morgan fingerprint density at radius 2 is 1.72 bits per heavy atom. The van der Waals surface area contributed by atoms with Gasteiger partial charge in [-0.25, -0.2) is 0 Å². The van der Waals surface area contributed by atoms with Gasteiger partial charge in [0, 0.05) is 11.5 Å². The van der Waals surface area contributed by atoms with Crippen LogP contribution >= 0.6 is 0 Å². The lowest BCUT2D eigenvalue weighted by atomic mass is 10.00. The number of ketones is 1. The molecule has 0 saturated heterocycles. The van der Waals surface area contributed by atoms with E-state index in [1.54, 1.807) is 6.92 Å². The molecular formula is C23H38O2. The van der Waals surface area contributed by atoms with E-state index in [4.69, 9.17) is 0 Å². The number of carbonyl (C=O) groups excluding carboxylic acids is 2. The van der Waals surface area contributed by atoms with Crippen LogP contribution in [0.5, 0.6) is 0 Å². The Kier molecular flexibility index (Phi) is 16.1. The summed E-state index contributed by atoms with van der Waals surface area (Å²) in [5.41, 5.74) is 4.39. The van der Waals surface area contributed by atoms with Gasteiger partial charge >= 0.3 is 0 Å². The van der Waals surface area contributed by atoms with Gasteiger partial charge in [-0.1, -0.05) is 69.9 Å². The molecule has 0 fully saturated rings. The van der Waals surface area contributed by atoms with Crippen molar-refractivity contribution in [2.75, 3.05) is 0 Å². The van der Waals surface area contributed by atoms with Crippen LogP contribution in [0.25, 0.3) is 0 Å². The molecule has 0 bridgehead atoms. The van der Waals surface area contributed by atoms with E-state index < -0.39 is 0 Å². The first-order valence-electron chi connectivity index (χ1n) is 9.43. The average molecular weight is 347 g/mol. The number of benzene rings is 1. The molecule has 1 aromatic rings. The summed E-state index contributed by atoms with van der Waals surface area (Å²) in [4.78, 5) is 21.2. The Labute approximate surface area is 155 Å². The van der Waals surface area contributed by atoms with Gasteiger partial charge < -0.3 is 4.79 Å². The second kappa shape index (κ2) is 15.8. The molecule has 0 amide bonds. The smallest absolute Gasteiger partial charge is 0.160 e. The van der Waals surface area contributed by atoms with E-state index in [0.29, 0.717) is 0 Å². The summed E-state index contributed by atoms with van der Waals surface area (Å²) in [5.74, 6) is 0.355. The van der Waals surface area contributed by atoms with Crippen molar-refractivity contribution >= 4 is 12.1 Å². The van der Waals surface area contributed by atoms with E-state index in [-0.39, 0.29) is 11.7 Å². The molecule has 0 N–H and O–H groups in total. The fourth-order valence-corrected chi connectivity index (χ4v) is 1.90. The number of carbonyl (C=O) groups is 2. The predicted octanol–water partition coefficient (Wildman–Crippen LogP) is 6.74. The van der Waals surface area contributed by atoms with Crippen molar-refractivity contribution in [1.29, 1.82) is 0 Å². The second-order valence-corrected chi connectivity index (χ2v) is 6.68. The molecule has 0 aliphatic heterocycles. The van der Waals surface area contributed by atoms with Crippen LogP contribution in [0, 0.1) is 12.8 Å². The molecule has 0 spiro atoms. The first-order chi connectivity index (χ1) is 11.7. The zero-order chi connectivity index (χ0) is 19.8. The zero-order valence-electron chi connectivity index (χ0n) is 17.4. The highest BCUT2D eigenvalue weighted by atomic mass is 16.1. The van der Waals surface area contributed by atoms with Crippen molar-refractivity contribution in [3.63, 3.8) is 0 Å². The molecule has 1 atom stereocenters. The lowest BCUT2D eigenvalue weighted by Crippen LogP contribution is -1.98. The molecule has 142 valence electrons. The molecule has 1 aromatic carbocycles. The number of aryl methyl sites for hydroxylation is 2. The highest BCUT2D eigenvalue weighted by Gasteiger charge is 2.04. The quantitative estimate of drug-likeness (QED) is 0.311. The minimum absolute atomic E-state index is 0.159. The largest absolute Gasteiger partial charge is 0.303 e. The Hall–Kier alpha value is -1.70. The van der Waals surface area contributed by atoms with E-state index in [1.807, 2.05) is 32.9 Å². The third-order valence-corrected chi connectivity index (χ3v) is 3.78. The van der Waals surface area contributed by atoms with E-state index >= 15 is 0 Å². The van der Waals surface area contributed by atoms with Crippen LogP contribution < -0.4 is 0 Å². The van der Waals surface area contributed by atoms with E-state index in [0.717, 1.165) is 42.2 Å². The number of allylic oxidation sites excluding steroid dienone is 1. The number of rotatable bonds is 7. The normalized spacial score (nSPS) is 10.5.